The minimum atomic E-state index is -3.76. The van der Waals surface area contributed by atoms with Crippen LogP contribution in [0.2, 0.25) is 0 Å². The van der Waals surface area contributed by atoms with Crippen LogP contribution in [0.15, 0.2) is 125 Å². The van der Waals surface area contributed by atoms with Gasteiger partial charge in [-0.05, 0) is 60.7 Å². The lowest BCUT2D eigenvalue weighted by Crippen LogP contribution is -2.03. The van der Waals surface area contributed by atoms with Crippen LogP contribution in [0.4, 0.5) is 0 Å². The van der Waals surface area contributed by atoms with Crippen molar-refractivity contribution in [1.82, 2.24) is 18.9 Å². The minimum Gasteiger partial charge on any atom is -0.306 e. The molecule has 0 aliphatic heterocycles. The number of benzene rings is 4. The molecule has 0 spiro atoms. The van der Waals surface area contributed by atoms with Crippen LogP contribution in [-0.4, -0.2) is 27.4 Å². The Morgan fingerprint density at radius 2 is 1.26 bits per heavy atom. The summed E-state index contributed by atoms with van der Waals surface area (Å²) in [5, 5.41) is 14.5. The molecule has 43 heavy (non-hydrogen) atoms. The van der Waals surface area contributed by atoms with Crippen LogP contribution in [0, 0.1) is 11.3 Å². The number of nitriles is 1. The van der Waals surface area contributed by atoms with Gasteiger partial charge in [-0.15, -0.1) is 0 Å². The summed E-state index contributed by atoms with van der Waals surface area (Å²) in [5.41, 5.74) is 7.18. The van der Waals surface area contributed by atoms with E-state index in [1.807, 2.05) is 42.9 Å². The molecule has 8 heteroatoms. The first-order valence-corrected chi connectivity index (χ1v) is 15.2. The summed E-state index contributed by atoms with van der Waals surface area (Å²) >= 11 is 0. The number of para-hydroxylation sites is 2. The van der Waals surface area contributed by atoms with Gasteiger partial charge in [0.25, 0.3) is 0 Å². The summed E-state index contributed by atoms with van der Waals surface area (Å²) in [6.45, 7) is 0. The zero-order chi connectivity index (χ0) is 28.9. The molecule has 0 amide bonds. The quantitative estimate of drug-likeness (QED) is 0.219. The van der Waals surface area contributed by atoms with Gasteiger partial charge in [-0.25, -0.2) is 8.42 Å². The Morgan fingerprint density at radius 1 is 0.628 bits per heavy atom. The standard InChI is InChI=1S/C35H19N5O2S/c36-17-21-9-13-23(14-10-21)43(41,42)24-15-11-22(12-16-24)39-30-19-37-18-27-25-5-1-3-7-28(25)40-29-8-4-2-6-26(29)34-35(40)33(32(27)30)31(39)20-38-34/h1-16,18-20H. The number of hydrogen-bond acceptors (Lipinski definition) is 5. The fraction of sp³-hybridized carbons (Fsp3) is 0. The van der Waals surface area contributed by atoms with Crippen LogP contribution in [-0.2, 0) is 9.84 Å². The van der Waals surface area contributed by atoms with Crippen LogP contribution in [0.3, 0.4) is 0 Å². The van der Waals surface area contributed by atoms with Crippen molar-refractivity contribution in [1.29, 1.82) is 5.26 Å². The van der Waals surface area contributed by atoms with Gasteiger partial charge < -0.3 is 8.97 Å². The predicted octanol–water partition coefficient (Wildman–Crippen LogP) is 7.43. The largest absolute Gasteiger partial charge is 0.306 e. The second-order valence-corrected chi connectivity index (χ2v) is 12.6. The summed E-state index contributed by atoms with van der Waals surface area (Å²) in [6.07, 6.45) is 5.71. The summed E-state index contributed by atoms with van der Waals surface area (Å²) < 4.78 is 31.2. The molecule has 4 aromatic carbocycles. The number of hydrogen-bond donors (Lipinski definition) is 0. The predicted molar refractivity (Wildman–Crippen MR) is 168 cm³/mol. The van der Waals surface area contributed by atoms with Crippen molar-refractivity contribution in [3.8, 4) is 11.8 Å². The van der Waals surface area contributed by atoms with Gasteiger partial charge in [0.15, 0.2) is 0 Å². The molecule has 0 fully saturated rings. The van der Waals surface area contributed by atoms with Crippen molar-refractivity contribution in [3.63, 3.8) is 0 Å². The molecule has 202 valence electrons. The van der Waals surface area contributed by atoms with Crippen molar-refractivity contribution >= 4 is 69.9 Å². The molecule has 9 aromatic rings. The first-order valence-electron chi connectivity index (χ1n) is 13.7. The normalized spacial score (nSPS) is 12.3. The molecule has 0 radical (unpaired) electrons. The van der Waals surface area contributed by atoms with Gasteiger partial charge in [0.05, 0.1) is 66.9 Å². The van der Waals surface area contributed by atoms with Gasteiger partial charge in [0.1, 0.15) is 0 Å². The minimum absolute atomic E-state index is 0.144. The molecule has 0 bridgehead atoms. The third-order valence-electron chi connectivity index (χ3n) is 8.45. The molecule has 5 aromatic heterocycles. The highest BCUT2D eigenvalue weighted by atomic mass is 32.2. The van der Waals surface area contributed by atoms with E-state index in [0.717, 1.165) is 65.7 Å². The molecule has 0 aliphatic rings. The maximum atomic E-state index is 13.4. The molecular formula is C35H19N5O2S. The van der Waals surface area contributed by atoms with Crippen LogP contribution >= 0.6 is 0 Å². The average Bonchev–Trinajstić information content (AvgIpc) is 3.53. The Hall–Kier alpha value is -5.78. The van der Waals surface area contributed by atoms with E-state index in [2.05, 4.69) is 56.4 Å². The molecule has 9 rings (SSSR count). The number of nitrogens with zero attached hydrogens (tertiary/aromatic N) is 5. The fourth-order valence-corrected chi connectivity index (χ4v) is 7.83. The fourth-order valence-electron chi connectivity index (χ4n) is 6.57. The zero-order valence-electron chi connectivity index (χ0n) is 22.4. The van der Waals surface area contributed by atoms with Gasteiger partial charge in [-0.2, -0.15) is 5.26 Å². The van der Waals surface area contributed by atoms with Gasteiger partial charge in [0.2, 0.25) is 9.84 Å². The number of fused-ring (bicyclic) bond motifs is 6. The molecule has 7 nitrogen and oxygen atoms in total. The van der Waals surface area contributed by atoms with Crippen LogP contribution in [0.1, 0.15) is 5.56 Å². The topological polar surface area (TPSA) is 93.0 Å². The van der Waals surface area contributed by atoms with E-state index in [4.69, 9.17) is 10.2 Å². The zero-order valence-corrected chi connectivity index (χ0v) is 23.2. The molecule has 0 aliphatic carbocycles. The molecule has 0 saturated carbocycles. The van der Waals surface area contributed by atoms with Crippen molar-refractivity contribution in [2.45, 2.75) is 9.79 Å². The van der Waals surface area contributed by atoms with E-state index in [0.29, 0.717) is 5.56 Å². The Kier molecular flexibility index (Phi) is 4.65. The second-order valence-electron chi connectivity index (χ2n) is 10.6. The summed E-state index contributed by atoms with van der Waals surface area (Å²) in [6, 6.07) is 31.6. The maximum Gasteiger partial charge on any atom is 0.206 e. The highest BCUT2D eigenvalue weighted by Crippen LogP contribution is 2.44. The molecular weight excluding hydrogens is 554 g/mol. The smallest absolute Gasteiger partial charge is 0.206 e. The van der Waals surface area contributed by atoms with Crippen molar-refractivity contribution in [2.75, 3.05) is 0 Å². The highest BCUT2D eigenvalue weighted by molar-refractivity contribution is 7.91. The lowest BCUT2D eigenvalue weighted by Gasteiger charge is -2.10. The van der Waals surface area contributed by atoms with Gasteiger partial charge in [0, 0.05) is 38.8 Å². The number of sulfone groups is 1. The van der Waals surface area contributed by atoms with Crippen molar-refractivity contribution < 1.29 is 8.42 Å². The molecule has 0 unspecified atom stereocenters. The Bertz CT molecular complexity index is 2730. The highest BCUT2D eigenvalue weighted by Gasteiger charge is 2.24. The van der Waals surface area contributed by atoms with Gasteiger partial charge >= 0.3 is 0 Å². The Morgan fingerprint density at radius 3 is 1.98 bits per heavy atom. The first kappa shape index (κ1) is 23.9. The summed E-state index contributed by atoms with van der Waals surface area (Å²) in [5.74, 6) is 0. The molecule has 0 saturated heterocycles. The van der Waals surface area contributed by atoms with E-state index in [9.17, 15) is 8.42 Å². The SMILES string of the molecule is N#Cc1ccc(S(=O)(=O)c2ccc(-n3c4cncc5c6ccccc6n6c7ccccc7c7ncc3c(c54)c76)cc2)cc1. The third-order valence-corrected chi connectivity index (χ3v) is 10.2. The van der Waals surface area contributed by atoms with E-state index in [-0.39, 0.29) is 9.79 Å². The monoisotopic (exact) mass is 573 g/mol. The van der Waals surface area contributed by atoms with Crippen molar-refractivity contribution in [3.05, 3.63) is 121 Å². The second kappa shape index (κ2) is 8.38. The van der Waals surface area contributed by atoms with Crippen LogP contribution in [0.25, 0.3) is 65.7 Å². The van der Waals surface area contributed by atoms with E-state index in [1.54, 1.807) is 12.1 Å². The van der Waals surface area contributed by atoms with Crippen LogP contribution < -0.4 is 0 Å². The lowest BCUT2D eigenvalue weighted by atomic mass is 10.1. The summed E-state index contributed by atoms with van der Waals surface area (Å²) in [4.78, 5) is 10.0. The van der Waals surface area contributed by atoms with E-state index >= 15 is 0 Å². The molecule has 0 atom stereocenters. The van der Waals surface area contributed by atoms with Crippen LogP contribution in [0.5, 0.6) is 0 Å². The number of pyridine rings is 2. The van der Waals surface area contributed by atoms with E-state index in [1.165, 1.54) is 24.3 Å². The van der Waals surface area contributed by atoms with Gasteiger partial charge in [-0.1, -0.05) is 36.4 Å². The lowest BCUT2D eigenvalue weighted by molar-refractivity contribution is 0.596. The number of aromatic nitrogens is 4. The summed E-state index contributed by atoms with van der Waals surface area (Å²) in [7, 11) is -3.76. The Balaban J connectivity index is 1.36. The maximum absolute atomic E-state index is 13.4. The average molecular weight is 574 g/mol. The molecule has 5 heterocycles. The molecule has 0 N–H and O–H groups in total. The van der Waals surface area contributed by atoms with E-state index < -0.39 is 9.84 Å². The number of rotatable bonds is 3. The Labute approximate surface area is 244 Å². The van der Waals surface area contributed by atoms with Gasteiger partial charge in [-0.3, -0.25) is 9.97 Å². The van der Waals surface area contributed by atoms with Crippen molar-refractivity contribution in [2.24, 2.45) is 0 Å². The third kappa shape index (κ3) is 3.09. The first-order chi connectivity index (χ1) is 21.1.